The van der Waals surface area contributed by atoms with Crippen molar-refractivity contribution in [1.82, 2.24) is 10.3 Å². The van der Waals surface area contributed by atoms with Crippen molar-refractivity contribution in [3.63, 3.8) is 0 Å². The summed E-state index contributed by atoms with van der Waals surface area (Å²) < 4.78 is 5.67. The van der Waals surface area contributed by atoms with Crippen LogP contribution in [0.5, 0.6) is 0 Å². The lowest BCUT2D eigenvalue weighted by molar-refractivity contribution is -0.0421. The Morgan fingerprint density at radius 3 is 2.90 bits per heavy atom. The van der Waals surface area contributed by atoms with Gasteiger partial charge in [-0.2, -0.15) is 0 Å². The Hall–Kier alpha value is -1.17. The summed E-state index contributed by atoms with van der Waals surface area (Å²) in [6, 6.07) is 4.46. The van der Waals surface area contributed by atoms with E-state index in [4.69, 9.17) is 4.74 Å². The molecule has 2 heterocycles. The van der Waals surface area contributed by atoms with Crippen molar-refractivity contribution in [3.05, 3.63) is 24.0 Å². The van der Waals surface area contributed by atoms with E-state index in [1.807, 2.05) is 13.1 Å². The zero-order valence-corrected chi connectivity index (χ0v) is 13.2. The van der Waals surface area contributed by atoms with Crippen LogP contribution >= 0.6 is 0 Å². The number of aliphatic hydroxyl groups is 1. The summed E-state index contributed by atoms with van der Waals surface area (Å²) in [4.78, 5) is 6.81. The van der Waals surface area contributed by atoms with Gasteiger partial charge in [-0.15, -0.1) is 0 Å². The van der Waals surface area contributed by atoms with E-state index in [-0.39, 0.29) is 24.9 Å². The van der Waals surface area contributed by atoms with Gasteiger partial charge >= 0.3 is 0 Å². The van der Waals surface area contributed by atoms with Crippen LogP contribution in [0.2, 0.25) is 0 Å². The summed E-state index contributed by atoms with van der Waals surface area (Å²) >= 11 is 0. The molecule has 3 unspecified atom stereocenters. The standard InChI is InChI=1S/C16H27N3O2/c1-4-7-17-13(3)16-6-5-14(8-18-16)19-9-12(2)21-15(10-19)11-20/h5-6,8,12-13,15,17,20H,4,7,9-11H2,1-3H3. The van der Waals surface area contributed by atoms with Gasteiger partial charge in [-0.05, 0) is 38.9 Å². The van der Waals surface area contributed by atoms with Gasteiger partial charge in [-0.1, -0.05) is 6.92 Å². The van der Waals surface area contributed by atoms with Crippen LogP contribution in [0.3, 0.4) is 0 Å². The highest BCUT2D eigenvalue weighted by Gasteiger charge is 2.25. The number of anilines is 1. The second kappa shape index (κ2) is 7.73. The Kier molecular flexibility index (Phi) is 5.96. The van der Waals surface area contributed by atoms with Gasteiger partial charge in [-0.25, -0.2) is 0 Å². The van der Waals surface area contributed by atoms with Crippen LogP contribution in [0.1, 0.15) is 38.9 Å². The van der Waals surface area contributed by atoms with E-state index in [0.717, 1.165) is 30.9 Å². The summed E-state index contributed by atoms with van der Waals surface area (Å²) in [5.41, 5.74) is 2.15. The van der Waals surface area contributed by atoms with Crippen LogP contribution in [0, 0.1) is 0 Å². The molecular formula is C16H27N3O2. The van der Waals surface area contributed by atoms with Gasteiger partial charge in [0.2, 0.25) is 0 Å². The number of rotatable bonds is 6. The van der Waals surface area contributed by atoms with Crippen molar-refractivity contribution in [3.8, 4) is 0 Å². The van der Waals surface area contributed by atoms with Gasteiger partial charge in [0.1, 0.15) is 0 Å². The second-order valence-electron chi connectivity index (χ2n) is 5.77. The Morgan fingerprint density at radius 2 is 2.29 bits per heavy atom. The normalized spacial score (nSPS) is 24.1. The number of hydrogen-bond acceptors (Lipinski definition) is 5. The average molecular weight is 293 g/mol. The van der Waals surface area contributed by atoms with Gasteiger partial charge in [-0.3, -0.25) is 4.98 Å². The second-order valence-corrected chi connectivity index (χ2v) is 5.77. The molecule has 2 rings (SSSR count). The average Bonchev–Trinajstić information content (AvgIpc) is 2.52. The number of nitrogens with zero attached hydrogens (tertiary/aromatic N) is 2. The molecule has 118 valence electrons. The first-order chi connectivity index (χ1) is 10.1. The van der Waals surface area contributed by atoms with Crippen molar-refractivity contribution in [2.24, 2.45) is 0 Å². The van der Waals surface area contributed by atoms with Crippen LogP contribution < -0.4 is 10.2 Å². The lowest BCUT2D eigenvalue weighted by Crippen LogP contribution is -2.48. The predicted molar refractivity (Wildman–Crippen MR) is 84.6 cm³/mol. The molecule has 21 heavy (non-hydrogen) atoms. The lowest BCUT2D eigenvalue weighted by Gasteiger charge is -2.37. The highest BCUT2D eigenvalue weighted by atomic mass is 16.5. The van der Waals surface area contributed by atoms with Crippen molar-refractivity contribution >= 4 is 5.69 Å². The minimum absolute atomic E-state index is 0.0598. The van der Waals surface area contributed by atoms with E-state index < -0.39 is 0 Å². The molecule has 0 saturated carbocycles. The molecule has 3 atom stereocenters. The van der Waals surface area contributed by atoms with E-state index >= 15 is 0 Å². The molecule has 0 bridgehead atoms. The van der Waals surface area contributed by atoms with Gasteiger partial charge in [0.05, 0.1) is 36.4 Å². The van der Waals surface area contributed by atoms with Crippen LogP contribution in [-0.4, -0.2) is 48.5 Å². The van der Waals surface area contributed by atoms with Gasteiger partial charge < -0.3 is 20.1 Å². The zero-order valence-electron chi connectivity index (χ0n) is 13.2. The third-order valence-corrected chi connectivity index (χ3v) is 3.81. The molecule has 1 aromatic rings. The largest absolute Gasteiger partial charge is 0.394 e. The summed E-state index contributed by atoms with van der Waals surface area (Å²) in [6.45, 7) is 8.94. The molecule has 2 N–H and O–H groups in total. The fourth-order valence-electron chi connectivity index (χ4n) is 2.66. The Balaban J connectivity index is 2.01. The molecule has 1 aliphatic rings. The Morgan fingerprint density at radius 1 is 1.48 bits per heavy atom. The Bertz CT molecular complexity index is 424. The first kappa shape index (κ1) is 16.2. The topological polar surface area (TPSA) is 57.6 Å². The smallest absolute Gasteiger partial charge is 0.0984 e. The van der Waals surface area contributed by atoms with Gasteiger partial charge in [0, 0.05) is 19.1 Å². The summed E-state index contributed by atoms with van der Waals surface area (Å²) in [6.07, 6.45) is 3.06. The lowest BCUT2D eigenvalue weighted by atomic mass is 10.1. The predicted octanol–water partition coefficient (Wildman–Crippen LogP) is 1.73. The van der Waals surface area contributed by atoms with Crippen LogP contribution in [0.4, 0.5) is 5.69 Å². The van der Waals surface area contributed by atoms with E-state index in [9.17, 15) is 5.11 Å². The maximum Gasteiger partial charge on any atom is 0.0984 e. The number of pyridine rings is 1. The molecule has 1 fully saturated rings. The molecule has 1 aliphatic heterocycles. The minimum Gasteiger partial charge on any atom is -0.394 e. The van der Waals surface area contributed by atoms with Crippen molar-refractivity contribution in [2.75, 3.05) is 31.1 Å². The maximum absolute atomic E-state index is 9.30. The first-order valence-corrected chi connectivity index (χ1v) is 7.84. The molecule has 5 nitrogen and oxygen atoms in total. The zero-order chi connectivity index (χ0) is 15.2. The summed E-state index contributed by atoms with van der Waals surface area (Å²) in [7, 11) is 0. The fourth-order valence-corrected chi connectivity index (χ4v) is 2.66. The van der Waals surface area contributed by atoms with Crippen LogP contribution in [-0.2, 0) is 4.74 Å². The monoisotopic (exact) mass is 293 g/mol. The third kappa shape index (κ3) is 4.40. The maximum atomic E-state index is 9.30. The van der Waals surface area contributed by atoms with E-state index in [0.29, 0.717) is 6.54 Å². The van der Waals surface area contributed by atoms with E-state index in [2.05, 4.69) is 41.2 Å². The van der Waals surface area contributed by atoms with Gasteiger partial charge in [0.15, 0.2) is 0 Å². The highest BCUT2D eigenvalue weighted by Crippen LogP contribution is 2.21. The number of nitrogens with one attached hydrogen (secondary N) is 1. The molecule has 1 saturated heterocycles. The number of aliphatic hydroxyl groups excluding tert-OH is 1. The SMILES string of the molecule is CCCNC(C)c1ccc(N2CC(C)OC(CO)C2)cn1. The van der Waals surface area contributed by atoms with E-state index in [1.165, 1.54) is 0 Å². The molecule has 0 aromatic carbocycles. The molecule has 0 spiro atoms. The van der Waals surface area contributed by atoms with Crippen LogP contribution in [0.15, 0.2) is 18.3 Å². The fraction of sp³-hybridized carbons (Fsp3) is 0.688. The Labute approximate surface area is 127 Å². The third-order valence-electron chi connectivity index (χ3n) is 3.81. The number of morpholine rings is 1. The molecular weight excluding hydrogens is 266 g/mol. The summed E-state index contributed by atoms with van der Waals surface area (Å²) in [5.74, 6) is 0. The number of hydrogen-bond donors (Lipinski definition) is 2. The van der Waals surface area contributed by atoms with Crippen molar-refractivity contribution < 1.29 is 9.84 Å². The molecule has 1 aromatic heterocycles. The first-order valence-electron chi connectivity index (χ1n) is 7.84. The molecule has 5 heteroatoms. The van der Waals surface area contributed by atoms with Crippen LogP contribution in [0.25, 0.3) is 0 Å². The molecule has 0 radical (unpaired) electrons. The van der Waals surface area contributed by atoms with Crippen molar-refractivity contribution in [2.45, 2.75) is 45.4 Å². The molecule has 0 amide bonds. The van der Waals surface area contributed by atoms with Crippen molar-refractivity contribution in [1.29, 1.82) is 0 Å². The summed E-state index contributed by atoms with van der Waals surface area (Å²) in [5, 5.41) is 12.7. The minimum atomic E-state index is -0.112. The number of ether oxygens (including phenoxy) is 1. The van der Waals surface area contributed by atoms with Gasteiger partial charge in [0.25, 0.3) is 0 Å². The highest BCUT2D eigenvalue weighted by molar-refractivity contribution is 5.45. The number of aromatic nitrogens is 1. The quantitative estimate of drug-likeness (QED) is 0.836. The van der Waals surface area contributed by atoms with E-state index in [1.54, 1.807) is 0 Å². The molecule has 0 aliphatic carbocycles.